The van der Waals surface area contributed by atoms with Gasteiger partial charge in [0.15, 0.2) is 5.82 Å². The third-order valence-electron chi connectivity index (χ3n) is 8.20. The predicted molar refractivity (Wildman–Crippen MR) is 162 cm³/mol. The van der Waals surface area contributed by atoms with E-state index < -0.39 is 17.4 Å². The summed E-state index contributed by atoms with van der Waals surface area (Å²) in [6, 6.07) is 15.3. The molecule has 0 atom stereocenters. The third kappa shape index (κ3) is 5.77. The lowest BCUT2D eigenvalue weighted by molar-refractivity contribution is -0.202. The van der Waals surface area contributed by atoms with Gasteiger partial charge in [0.05, 0.1) is 55.7 Å². The first-order valence-electron chi connectivity index (χ1n) is 14.4. The Morgan fingerprint density at radius 1 is 1.09 bits per heavy atom. The SMILES string of the molecule is COC(=O)c1ccc2nc(CN3Cc4cn(-c5cccc(OCc6ccc(Cl)cc6F)n5)nc4C3)n(CC3(OC)COC3)c2c1. The minimum absolute atomic E-state index is 0.0251. The minimum Gasteiger partial charge on any atom is -0.473 e. The predicted octanol–water partition coefficient (Wildman–Crippen LogP) is 4.71. The second kappa shape index (κ2) is 11.9. The quantitative estimate of drug-likeness (QED) is 0.203. The number of hydrogen-bond donors (Lipinski definition) is 0. The number of imidazole rings is 1. The molecule has 2 aliphatic heterocycles. The van der Waals surface area contributed by atoms with Crippen LogP contribution in [0.3, 0.4) is 0 Å². The molecule has 45 heavy (non-hydrogen) atoms. The second-order valence-corrected chi connectivity index (χ2v) is 11.7. The van der Waals surface area contributed by atoms with E-state index in [2.05, 4.69) is 14.5 Å². The van der Waals surface area contributed by atoms with Crippen LogP contribution in [0.5, 0.6) is 5.88 Å². The van der Waals surface area contributed by atoms with E-state index in [-0.39, 0.29) is 6.61 Å². The first-order chi connectivity index (χ1) is 21.8. The summed E-state index contributed by atoms with van der Waals surface area (Å²) in [5.41, 5.74) is 4.06. The molecular formula is C32H30ClFN6O5. The topological polar surface area (TPSA) is 106 Å². The van der Waals surface area contributed by atoms with Gasteiger partial charge in [0, 0.05) is 48.6 Å². The Bertz CT molecular complexity index is 1880. The summed E-state index contributed by atoms with van der Waals surface area (Å²) in [6.45, 7) is 3.42. The zero-order valence-electron chi connectivity index (χ0n) is 24.7. The monoisotopic (exact) mass is 632 g/mol. The zero-order chi connectivity index (χ0) is 31.1. The number of methoxy groups -OCH3 is 2. The smallest absolute Gasteiger partial charge is 0.337 e. The fraction of sp³-hybridized carbons (Fsp3) is 0.312. The van der Waals surface area contributed by atoms with Gasteiger partial charge in [-0.2, -0.15) is 10.1 Å². The van der Waals surface area contributed by atoms with E-state index in [0.717, 1.165) is 28.1 Å². The maximum Gasteiger partial charge on any atom is 0.337 e. The Balaban J connectivity index is 1.08. The number of fused-ring (bicyclic) bond motifs is 2. The number of nitrogens with zero attached hydrogens (tertiary/aromatic N) is 6. The van der Waals surface area contributed by atoms with Gasteiger partial charge in [0.2, 0.25) is 5.88 Å². The Morgan fingerprint density at radius 3 is 2.69 bits per heavy atom. The number of benzene rings is 2. The van der Waals surface area contributed by atoms with E-state index in [9.17, 15) is 9.18 Å². The minimum atomic E-state index is -0.452. The third-order valence-corrected chi connectivity index (χ3v) is 8.44. The molecule has 0 amide bonds. The number of pyridine rings is 1. The standard InChI is InChI=1S/C32H30ClFN6O5/c1-42-31(41)20-7-9-25-27(10-20)39(17-32(43-2)18-44-19-32)29(35-25)15-38-12-22-13-40(37-26(22)14-38)28-4-3-5-30(36-28)45-16-21-6-8-23(33)11-24(21)34/h3-11,13H,12,14-19H2,1-2H3. The van der Waals surface area contributed by atoms with Gasteiger partial charge in [0.1, 0.15) is 23.8 Å². The van der Waals surface area contributed by atoms with Gasteiger partial charge in [-0.15, -0.1) is 0 Å². The van der Waals surface area contributed by atoms with E-state index >= 15 is 0 Å². The molecule has 2 aliphatic rings. The summed E-state index contributed by atoms with van der Waals surface area (Å²) < 4.78 is 40.1. The lowest BCUT2D eigenvalue weighted by atomic mass is 10.0. The molecular weight excluding hydrogens is 603 g/mol. The van der Waals surface area contributed by atoms with Crippen molar-refractivity contribution in [3.05, 3.63) is 99.8 Å². The normalized spacial score (nSPS) is 15.6. The molecule has 1 fully saturated rings. The summed E-state index contributed by atoms with van der Waals surface area (Å²) >= 11 is 5.85. The van der Waals surface area contributed by atoms with Crippen LogP contribution in [0, 0.1) is 5.82 Å². The van der Waals surface area contributed by atoms with Crippen molar-refractivity contribution in [2.75, 3.05) is 27.4 Å². The van der Waals surface area contributed by atoms with Crippen molar-refractivity contribution < 1.29 is 28.1 Å². The highest BCUT2D eigenvalue weighted by Gasteiger charge is 2.40. The lowest BCUT2D eigenvalue weighted by Crippen LogP contribution is -2.54. The first-order valence-corrected chi connectivity index (χ1v) is 14.8. The molecule has 3 aromatic heterocycles. The molecule has 232 valence electrons. The van der Waals surface area contributed by atoms with Crippen LogP contribution in [0.25, 0.3) is 16.9 Å². The van der Waals surface area contributed by atoms with Gasteiger partial charge < -0.3 is 23.5 Å². The van der Waals surface area contributed by atoms with Crippen molar-refractivity contribution in [1.82, 2.24) is 29.2 Å². The van der Waals surface area contributed by atoms with E-state index in [1.165, 1.54) is 13.2 Å². The second-order valence-electron chi connectivity index (χ2n) is 11.2. The number of carbonyl (C=O) groups is 1. The molecule has 0 saturated carbocycles. The number of hydrogen-bond acceptors (Lipinski definition) is 9. The van der Waals surface area contributed by atoms with Crippen LogP contribution >= 0.6 is 11.6 Å². The maximum absolute atomic E-state index is 14.2. The molecule has 0 spiro atoms. The fourth-order valence-corrected chi connectivity index (χ4v) is 5.82. The summed E-state index contributed by atoms with van der Waals surface area (Å²) in [7, 11) is 3.06. The van der Waals surface area contributed by atoms with Crippen LogP contribution < -0.4 is 4.74 Å². The largest absolute Gasteiger partial charge is 0.473 e. The number of esters is 1. The highest BCUT2D eigenvalue weighted by Crippen LogP contribution is 2.30. The van der Waals surface area contributed by atoms with Crippen molar-refractivity contribution in [3.63, 3.8) is 0 Å². The molecule has 5 aromatic rings. The Hall–Kier alpha value is -4.36. The van der Waals surface area contributed by atoms with Crippen LogP contribution in [0.4, 0.5) is 4.39 Å². The number of rotatable bonds is 10. The van der Waals surface area contributed by atoms with Crippen molar-refractivity contribution in [3.8, 4) is 11.7 Å². The molecule has 5 heterocycles. The van der Waals surface area contributed by atoms with Crippen LogP contribution in [0.1, 0.15) is 33.0 Å². The molecule has 13 heteroatoms. The molecule has 0 radical (unpaired) electrons. The summed E-state index contributed by atoms with van der Waals surface area (Å²) in [6.07, 6.45) is 1.97. The number of halogens is 2. The van der Waals surface area contributed by atoms with E-state index in [1.54, 1.807) is 36.1 Å². The van der Waals surface area contributed by atoms with Crippen molar-refractivity contribution in [2.24, 2.45) is 0 Å². The fourth-order valence-electron chi connectivity index (χ4n) is 5.66. The van der Waals surface area contributed by atoms with Crippen LogP contribution in [-0.4, -0.2) is 68.2 Å². The highest BCUT2D eigenvalue weighted by atomic mass is 35.5. The van der Waals surface area contributed by atoms with Crippen LogP contribution in [0.2, 0.25) is 5.02 Å². The van der Waals surface area contributed by atoms with Gasteiger partial charge in [-0.1, -0.05) is 23.7 Å². The number of ether oxygens (including phenoxy) is 4. The Kier molecular flexibility index (Phi) is 7.74. The first kappa shape index (κ1) is 29.4. The van der Waals surface area contributed by atoms with Gasteiger partial charge in [-0.05, 0) is 36.4 Å². The zero-order valence-corrected chi connectivity index (χ0v) is 25.5. The van der Waals surface area contributed by atoms with Gasteiger partial charge >= 0.3 is 5.97 Å². The molecule has 7 rings (SSSR count). The average Bonchev–Trinajstić information content (AvgIpc) is 3.69. The number of carbonyl (C=O) groups excluding carboxylic acids is 1. The molecule has 0 bridgehead atoms. The van der Waals surface area contributed by atoms with Gasteiger partial charge in [-0.3, -0.25) is 4.90 Å². The van der Waals surface area contributed by atoms with Crippen molar-refractivity contribution >= 4 is 28.6 Å². The van der Waals surface area contributed by atoms with E-state index in [4.69, 9.17) is 40.6 Å². The summed E-state index contributed by atoms with van der Waals surface area (Å²) in [5, 5.41) is 5.14. The van der Waals surface area contributed by atoms with Crippen molar-refractivity contribution in [1.29, 1.82) is 0 Å². The summed E-state index contributed by atoms with van der Waals surface area (Å²) in [5.74, 6) is 0.990. The van der Waals surface area contributed by atoms with Gasteiger partial charge in [0.25, 0.3) is 0 Å². The highest BCUT2D eigenvalue weighted by molar-refractivity contribution is 6.30. The molecule has 1 saturated heterocycles. The number of aromatic nitrogens is 5. The van der Waals surface area contributed by atoms with Crippen LogP contribution in [-0.2, 0) is 47.0 Å². The Labute approximate surface area is 263 Å². The average molecular weight is 633 g/mol. The molecule has 11 nitrogen and oxygen atoms in total. The van der Waals surface area contributed by atoms with E-state index in [1.807, 2.05) is 30.5 Å². The van der Waals surface area contributed by atoms with E-state index in [0.29, 0.717) is 67.2 Å². The van der Waals surface area contributed by atoms with Crippen molar-refractivity contribution in [2.45, 2.75) is 38.4 Å². The maximum atomic E-state index is 14.2. The molecule has 0 aliphatic carbocycles. The molecule has 0 N–H and O–H groups in total. The van der Waals surface area contributed by atoms with Crippen LogP contribution in [0.15, 0.2) is 60.8 Å². The van der Waals surface area contributed by atoms with Gasteiger partial charge in [-0.25, -0.2) is 18.9 Å². The molecule has 0 unspecified atom stereocenters. The lowest BCUT2D eigenvalue weighted by Gasteiger charge is -2.40. The molecule has 2 aromatic carbocycles. The Morgan fingerprint density at radius 2 is 1.96 bits per heavy atom. The summed E-state index contributed by atoms with van der Waals surface area (Å²) in [4.78, 5) is 24.1.